The van der Waals surface area contributed by atoms with Crippen molar-refractivity contribution in [2.45, 2.75) is 65.3 Å². The first-order valence-electron chi connectivity index (χ1n) is 7.10. The molecule has 1 saturated carbocycles. The SMILES string of the molecule is CCC(C)C(N)CNCC1(CC)CCCC1. The first kappa shape index (κ1) is 14.0. The van der Waals surface area contributed by atoms with Crippen LogP contribution in [0.2, 0.25) is 0 Å². The topological polar surface area (TPSA) is 38.0 Å². The minimum atomic E-state index is 0.320. The highest BCUT2D eigenvalue weighted by molar-refractivity contribution is 4.86. The second kappa shape index (κ2) is 6.61. The zero-order chi connectivity index (χ0) is 12.0. The molecule has 1 aliphatic carbocycles. The molecule has 1 rings (SSSR count). The average Bonchev–Trinajstić information content (AvgIpc) is 2.77. The summed E-state index contributed by atoms with van der Waals surface area (Å²) in [4.78, 5) is 0. The van der Waals surface area contributed by atoms with Crippen molar-refractivity contribution in [3.8, 4) is 0 Å². The Balaban J connectivity index is 2.23. The molecule has 0 heterocycles. The van der Waals surface area contributed by atoms with Crippen molar-refractivity contribution in [3.63, 3.8) is 0 Å². The molecule has 0 radical (unpaired) electrons. The van der Waals surface area contributed by atoms with Crippen molar-refractivity contribution in [1.29, 1.82) is 0 Å². The van der Waals surface area contributed by atoms with E-state index in [1.54, 1.807) is 0 Å². The van der Waals surface area contributed by atoms with Crippen molar-refractivity contribution in [3.05, 3.63) is 0 Å². The molecule has 0 bridgehead atoms. The summed E-state index contributed by atoms with van der Waals surface area (Å²) in [6, 6.07) is 0.320. The lowest BCUT2D eigenvalue weighted by Gasteiger charge is -2.29. The Hall–Kier alpha value is -0.0800. The van der Waals surface area contributed by atoms with Gasteiger partial charge in [0.1, 0.15) is 0 Å². The van der Waals surface area contributed by atoms with Crippen molar-refractivity contribution in [2.24, 2.45) is 17.1 Å². The number of hydrogen-bond acceptors (Lipinski definition) is 2. The van der Waals surface area contributed by atoms with Gasteiger partial charge in [-0.05, 0) is 30.6 Å². The quantitative estimate of drug-likeness (QED) is 0.700. The zero-order valence-electron chi connectivity index (χ0n) is 11.4. The normalized spacial score (nSPS) is 23.2. The molecule has 0 aromatic heterocycles. The maximum atomic E-state index is 6.13. The van der Waals surface area contributed by atoms with Gasteiger partial charge < -0.3 is 11.1 Å². The molecule has 96 valence electrons. The van der Waals surface area contributed by atoms with E-state index in [0.717, 1.165) is 6.54 Å². The van der Waals surface area contributed by atoms with E-state index >= 15 is 0 Å². The maximum absolute atomic E-state index is 6.13. The van der Waals surface area contributed by atoms with Gasteiger partial charge in [0.05, 0.1) is 0 Å². The van der Waals surface area contributed by atoms with Crippen LogP contribution in [0, 0.1) is 11.3 Å². The van der Waals surface area contributed by atoms with Crippen LogP contribution in [-0.2, 0) is 0 Å². The number of nitrogens with one attached hydrogen (secondary N) is 1. The summed E-state index contributed by atoms with van der Waals surface area (Å²) in [5.74, 6) is 0.633. The van der Waals surface area contributed by atoms with E-state index in [4.69, 9.17) is 5.73 Å². The van der Waals surface area contributed by atoms with E-state index in [9.17, 15) is 0 Å². The molecule has 0 aliphatic heterocycles. The Kier molecular flexibility index (Phi) is 5.77. The van der Waals surface area contributed by atoms with Crippen molar-refractivity contribution in [2.75, 3.05) is 13.1 Å². The zero-order valence-corrected chi connectivity index (χ0v) is 11.4. The highest BCUT2D eigenvalue weighted by Gasteiger charge is 2.31. The minimum Gasteiger partial charge on any atom is -0.326 e. The summed E-state index contributed by atoms with van der Waals surface area (Å²) in [5, 5.41) is 3.61. The predicted octanol–water partition coefficient (Wildman–Crippen LogP) is 2.92. The van der Waals surface area contributed by atoms with Crippen LogP contribution in [0.15, 0.2) is 0 Å². The number of hydrogen-bond donors (Lipinski definition) is 2. The molecule has 0 aromatic rings. The Morgan fingerprint density at radius 2 is 1.88 bits per heavy atom. The Morgan fingerprint density at radius 3 is 2.38 bits per heavy atom. The summed E-state index contributed by atoms with van der Waals surface area (Å²) in [5.41, 5.74) is 6.73. The van der Waals surface area contributed by atoms with E-state index < -0.39 is 0 Å². The number of rotatable bonds is 7. The van der Waals surface area contributed by atoms with Crippen molar-refractivity contribution in [1.82, 2.24) is 5.32 Å². The molecule has 3 N–H and O–H groups in total. The van der Waals surface area contributed by atoms with E-state index in [-0.39, 0.29) is 0 Å². The van der Waals surface area contributed by atoms with E-state index in [2.05, 4.69) is 26.1 Å². The van der Waals surface area contributed by atoms with Crippen molar-refractivity contribution < 1.29 is 0 Å². The van der Waals surface area contributed by atoms with Gasteiger partial charge in [-0.15, -0.1) is 0 Å². The highest BCUT2D eigenvalue weighted by Crippen LogP contribution is 2.40. The molecular formula is C14H30N2. The van der Waals surface area contributed by atoms with Gasteiger partial charge in [0.15, 0.2) is 0 Å². The molecule has 0 aromatic carbocycles. The second-order valence-electron chi connectivity index (χ2n) is 5.74. The van der Waals surface area contributed by atoms with Gasteiger partial charge in [-0.3, -0.25) is 0 Å². The monoisotopic (exact) mass is 226 g/mol. The second-order valence-corrected chi connectivity index (χ2v) is 5.74. The number of nitrogens with two attached hydrogens (primary N) is 1. The largest absolute Gasteiger partial charge is 0.326 e. The highest BCUT2D eigenvalue weighted by atomic mass is 14.9. The lowest BCUT2D eigenvalue weighted by atomic mass is 9.83. The first-order valence-corrected chi connectivity index (χ1v) is 7.10. The fourth-order valence-electron chi connectivity index (χ4n) is 2.79. The van der Waals surface area contributed by atoms with Crippen LogP contribution in [0.1, 0.15) is 59.3 Å². The Labute approximate surface area is 101 Å². The van der Waals surface area contributed by atoms with Crippen LogP contribution in [-0.4, -0.2) is 19.1 Å². The van der Waals surface area contributed by atoms with Gasteiger partial charge in [-0.2, -0.15) is 0 Å². The Bertz CT molecular complexity index is 185. The third-order valence-electron chi connectivity index (χ3n) is 4.67. The Morgan fingerprint density at radius 1 is 1.25 bits per heavy atom. The molecule has 2 atom stereocenters. The third kappa shape index (κ3) is 3.74. The fourth-order valence-corrected chi connectivity index (χ4v) is 2.79. The molecule has 2 unspecified atom stereocenters. The molecule has 1 aliphatic rings. The summed E-state index contributed by atoms with van der Waals surface area (Å²) >= 11 is 0. The van der Waals surface area contributed by atoms with Crippen LogP contribution in [0.4, 0.5) is 0 Å². The van der Waals surface area contributed by atoms with Gasteiger partial charge in [0.25, 0.3) is 0 Å². The molecule has 16 heavy (non-hydrogen) atoms. The molecule has 0 saturated heterocycles. The molecular weight excluding hydrogens is 196 g/mol. The first-order chi connectivity index (χ1) is 7.63. The predicted molar refractivity (Wildman–Crippen MR) is 71.5 cm³/mol. The van der Waals surface area contributed by atoms with E-state index in [1.165, 1.54) is 45.1 Å². The minimum absolute atomic E-state index is 0.320. The lowest BCUT2D eigenvalue weighted by Crippen LogP contribution is -2.42. The molecule has 2 nitrogen and oxygen atoms in total. The molecule has 0 amide bonds. The molecule has 2 heteroatoms. The van der Waals surface area contributed by atoms with Crippen LogP contribution in [0.25, 0.3) is 0 Å². The molecule has 1 fully saturated rings. The van der Waals surface area contributed by atoms with Crippen LogP contribution < -0.4 is 11.1 Å². The van der Waals surface area contributed by atoms with Gasteiger partial charge in [0, 0.05) is 19.1 Å². The smallest absolute Gasteiger partial charge is 0.0191 e. The van der Waals surface area contributed by atoms with Gasteiger partial charge in [-0.1, -0.05) is 40.0 Å². The maximum Gasteiger partial charge on any atom is 0.0191 e. The lowest BCUT2D eigenvalue weighted by molar-refractivity contribution is 0.261. The summed E-state index contributed by atoms with van der Waals surface area (Å²) in [7, 11) is 0. The van der Waals surface area contributed by atoms with Gasteiger partial charge in [-0.25, -0.2) is 0 Å². The van der Waals surface area contributed by atoms with E-state index in [1.807, 2.05) is 0 Å². The van der Waals surface area contributed by atoms with Gasteiger partial charge in [0.2, 0.25) is 0 Å². The summed E-state index contributed by atoms with van der Waals surface area (Å²) < 4.78 is 0. The fraction of sp³-hybridized carbons (Fsp3) is 1.00. The molecule has 0 spiro atoms. The summed E-state index contributed by atoms with van der Waals surface area (Å²) in [6.45, 7) is 8.96. The van der Waals surface area contributed by atoms with E-state index in [0.29, 0.717) is 17.4 Å². The van der Waals surface area contributed by atoms with Gasteiger partial charge >= 0.3 is 0 Å². The standard InChI is InChI=1S/C14H30N2/c1-4-12(3)13(15)10-16-11-14(5-2)8-6-7-9-14/h12-13,16H,4-11,15H2,1-3H3. The van der Waals surface area contributed by atoms with Crippen LogP contribution in [0.3, 0.4) is 0 Å². The van der Waals surface area contributed by atoms with Crippen molar-refractivity contribution >= 4 is 0 Å². The van der Waals surface area contributed by atoms with Crippen LogP contribution in [0.5, 0.6) is 0 Å². The van der Waals surface area contributed by atoms with Crippen LogP contribution >= 0.6 is 0 Å². The third-order valence-corrected chi connectivity index (χ3v) is 4.67. The average molecular weight is 226 g/mol. The summed E-state index contributed by atoms with van der Waals surface area (Å²) in [6.07, 6.45) is 8.17.